The molecule has 11 heavy (non-hydrogen) atoms. The van der Waals surface area contributed by atoms with Crippen LogP contribution in [0.4, 0.5) is 0 Å². The van der Waals surface area contributed by atoms with Crippen molar-refractivity contribution >= 4 is 5.78 Å². The first-order chi connectivity index (χ1) is 5.60. The maximum Gasteiger partial charge on any atom is 0.164 e. The van der Waals surface area contributed by atoms with Crippen LogP contribution in [0.2, 0.25) is 0 Å². The van der Waals surface area contributed by atoms with Gasteiger partial charge in [-0.1, -0.05) is 6.08 Å². The van der Waals surface area contributed by atoms with Crippen molar-refractivity contribution < 1.29 is 11.3 Å². The van der Waals surface area contributed by atoms with E-state index < -0.39 is 12.0 Å². The first-order valence-corrected chi connectivity index (χ1v) is 3.90. The van der Waals surface area contributed by atoms with E-state index >= 15 is 0 Å². The Balaban J connectivity index is 2.73. The van der Waals surface area contributed by atoms with Crippen LogP contribution in [0, 0.1) is 0 Å². The summed E-state index contributed by atoms with van der Waals surface area (Å²) in [6.45, 7) is 3.49. The lowest BCUT2D eigenvalue weighted by molar-refractivity contribution is -0.140. The van der Waals surface area contributed by atoms with E-state index in [2.05, 4.69) is 6.58 Å². The average molecular weight is 155 g/mol. The molecule has 0 amide bonds. The third-order valence-corrected chi connectivity index (χ3v) is 2.06. The van der Waals surface area contributed by atoms with Crippen LogP contribution in [0.15, 0.2) is 12.7 Å². The van der Waals surface area contributed by atoms with E-state index in [0.29, 0.717) is 12.8 Å². The summed E-state index contributed by atoms with van der Waals surface area (Å²) in [6, 6.07) is 0. The Morgan fingerprint density at radius 1 is 1.82 bits per heavy atom. The number of hydrogen-bond donors (Lipinski definition) is 1. The van der Waals surface area contributed by atoms with Gasteiger partial charge in [0.25, 0.3) is 0 Å². The quantitative estimate of drug-likeness (QED) is 0.612. The van der Waals surface area contributed by atoms with Crippen LogP contribution in [-0.2, 0) is 4.79 Å². The highest BCUT2D eigenvalue weighted by molar-refractivity contribution is 5.87. The Bertz CT molecular complexity index is 203. The van der Waals surface area contributed by atoms with Crippen molar-refractivity contribution in [1.29, 1.82) is 0 Å². The molecule has 1 N–H and O–H groups in total. The van der Waals surface area contributed by atoms with Gasteiger partial charge in [-0.25, -0.2) is 0 Å². The van der Waals surface area contributed by atoms with E-state index in [9.17, 15) is 9.90 Å². The Hall–Kier alpha value is -0.630. The lowest BCUT2D eigenvalue weighted by atomic mass is 9.81. The second kappa shape index (κ2) is 3.18. The number of rotatable bonds is 2. The average Bonchev–Trinajstić information content (AvgIpc) is 2.01. The van der Waals surface area contributed by atoms with Gasteiger partial charge in [-0.05, 0) is 19.3 Å². The van der Waals surface area contributed by atoms with Crippen LogP contribution in [0.3, 0.4) is 0 Å². The summed E-state index contributed by atoms with van der Waals surface area (Å²) < 4.78 is 7.37. The molecule has 0 radical (unpaired) electrons. The Morgan fingerprint density at radius 2 is 2.55 bits per heavy atom. The monoisotopic (exact) mass is 155 g/mol. The van der Waals surface area contributed by atoms with Crippen molar-refractivity contribution in [2.45, 2.75) is 37.7 Å². The van der Waals surface area contributed by atoms with Crippen molar-refractivity contribution in [2.75, 3.05) is 0 Å². The molecule has 1 aliphatic rings. The molecule has 1 aliphatic carbocycles. The molecule has 0 aromatic carbocycles. The van der Waals surface area contributed by atoms with Crippen molar-refractivity contribution in [2.24, 2.45) is 0 Å². The van der Waals surface area contributed by atoms with Crippen LogP contribution < -0.4 is 0 Å². The zero-order valence-electron chi connectivity index (χ0n) is 7.55. The fourth-order valence-electron chi connectivity index (χ4n) is 1.38. The molecule has 0 aromatic heterocycles. The molecule has 0 aromatic rings. The van der Waals surface area contributed by atoms with Crippen molar-refractivity contribution in [3.8, 4) is 0 Å². The predicted molar refractivity (Wildman–Crippen MR) is 43.2 cm³/mol. The van der Waals surface area contributed by atoms with Crippen molar-refractivity contribution in [3.63, 3.8) is 0 Å². The number of hydrogen-bond acceptors (Lipinski definition) is 2. The molecule has 0 heterocycles. The van der Waals surface area contributed by atoms with Gasteiger partial charge in [0, 0.05) is 14.2 Å². The van der Waals surface area contributed by atoms with Crippen LogP contribution in [0.5, 0.6) is 0 Å². The van der Waals surface area contributed by atoms with E-state index in [1.807, 2.05) is 0 Å². The molecule has 1 fully saturated rings. The molecular formula is C9H14O2. The molecule has 1 rings (SSSR count). The zero-order chi connectivity index (χ0) is 9.19. The molecule has 62 valence electrons. The van der Waals surface area contributed by atoms with Gasteiger partial charge in [-0.3, -0.25) is 4.79 Å². The second-order valence-corrected chi connectivity index (χ2v) is 2.98. The molecule has 2 atom stereocenters. The highest BCUT2D eigenvalue weighted by Crippen LogP contribution is 2.27. The minimum atomic E-state index is -1.29. The van der Waals surface area contributed by atoms with E-state index in [0.717, 1.165) is 6.42 Å². The lowest BCUT2D eigenvalue weighted by Crippen LogP contribution is -2.40. The molecule has 1 saturated carbocycles. The van der Waals surface area contributed by atoms with Crippen molar-refractivity contribution in [1.82, 2.24) is 0 Å². The molecule has 0 saturated heterocycles. The smallest absolute Gasteiger partial charge is 0.164 e. The summed E-state index contributed by atoms with van der Waals surface area (Å²) in [6.07, 6.45) is 2.90. The van der Waals surface area contributed by atoms with Gasteiger partial charge >= 0.3 is 0 Å². The first-order valence-electron chi connectivity index (χ1n) is 4.48. The van der Waals surface area contributed by atoms with Crippen LogP contribution in [0.25, 0.3) is 0 Å². The van der Waals surface area contributed by atoms with Gasteiger partial charge in [0.1, 0.15) is 5.60 Å². The Morgan fingerprint density at radius 3 is 3.18 bits per heavy atom. The van der Waals surface area contributed by atoms with Gasteiger partial charge in [-0.2, -0.15) is 0 Å². The van der Waals surface area contributed by atoms with Crippen LogP contribution in [-0.4, -0.2) is 16.5 Å². The normalized spacial score (nSPS) is 39.9. The van der Waals surface area contributed by atoms with E-state index in [-0.39, 0.29) is 12.2 Å². The fraction of sp³-hybridized carbons (Fsp3) is 0.667. The van der Waals surface area contributed by atoms with Gasteiger partial charge in [0.05, 0.1) is 0 Å². The highest BCUT2D eigenvalue weighted by atomic mass is 16.3. The summed E-state index contributed by atoms with van der Waals surface area (Å²) in [4.78, 5) is 11.4. The van der Waals surface area contributed by atoms with Gasteiger partial charge < -0.3 is 5.11 Å². The third kappa shape index (κ3) is 1.69. The fourth-order valence-corrected chi connectivity index (χ4v) is 1.38. The van der Waals surface area contributed by atoms with Gasteiger partial charge in [-0.15, -0.1) is 6.58 Å². The summed E-state index contributed by atoms with van der Waals surface area (Å²) in [5.41, 5.74) is -1.29. The number of aliphatic hydroxyl groups is 1. The third-order valence-electron chi connectivity index (χ3n) is 2.06. The number of Topliss-reactive ketones (excluding diaryl/α,β-unsaturated/α-hetero) is 1. The molecule has 0 spiro atoms. The summed E-state index contributed by atoms with van der Waals surface area (Å²) in [7, 11) is 0. The molecule has 0 aliphatic heterocycles. The number of carbonyl (C=O) groups excluding carboxylic acids is 1. The summed E-state index contributed by atoms with van der Waals surface area (Å²) in [5.74, 6) is -0.339. The molecular weight excluding hydrogens is 140 g/mol. The Labute approximate surface area is 68.3 Å². The number of carbonyl (C=O) groups is 1. The summed E-state index contributed by atoms with van der Waals surface area (Å²) >= 11 is 0. The van der Waals surface area contributed by atoms with Crippen LogP contribution in [0.1, 0.15) is 33.5 Å². The number of ketones is 1. The van der Waals surface area contributed by atoms with Crippen molar-refractivity contribution in [3.05, 3.63) is 12.7 Å². The predicted octanol–water partition coefficient (Wildman–Crippen LogP) is 1.44. The maximum atomic E-state index is 11.4. The first kappa shape index (κ1) is 7.04. The highest BCUT2D eigenvalue weighted by Gasteiger charge is 2.35. The zero-order valence-corrected chi connectivity index (χ0v) is 6.55. The SMILES string of the molecule is [2H]C1CCCC(O)(CC=C)C1=O. The molecule has 2 nitrogen and oxygen atoms in total. The topological polar surface area (TPSA) is 37.3 Å². The minimum Gasteiger partial charge on any atom is -0.382 e. The molecule has 0 bridgehead atoms. The van der Waals surface area contributed by atoms with Crippen LogP contribution >= 0.6 is 0 Å². The molecule has 2 heteroatoms. The molecule has 2 unspecified atom stereocenters. The van der Waals surface area contributed by atoms with Gasteiger partial charge in [0.15, 0.2) is 5.78 Å². The standard InChI is InChI=1S/C9H14O2/c1-2-6-9(11)7-4-3-5-8(9)10/h2,11H,1,3-7H2/i5D. The largest absolute Gasteiger partial charge is 0.382 e. The maximum absolute atomic E-state index is 11.4. The Kier molecular flexibility index (Phi) is 2.04. The van der Waals surface area contributed by atoms with E-state index in [1.165, 1.54) is 6.08 Å². The summed E-state index contributed by atoms with van der Waals surface area (Å²) in [5, 5.41) is 9.77. The van der Waals surface area contributed by atoms with E-state index in [4.69, 9.17) is 1.37 Å². The van der Waals surface area contributed by atoms with E-state index in [1.54, 1.807) is 0 Å². The lowest BCUT2D eigenvalue weighted by Gasteiger charge is -2.29. The minimum absolute atomic E-state index is 0.279. The van der Waals surface area contributed by atoms with Gasteiger partial charge in [0.2, 0.25) is 0 Å². The second-order valence-electron chi connectivity index (χ2n) is 2.98.